The first-order chi connectivity index (χ1) is 14.8. The van der Waals surface area contributed by atoms with Crippen LogP contribution in [0.2, 0.25) is 0 Å². The molecule has 5 rings (SSSR count). The summed E-state index contributed by atoms with van der Waals surface area (Å²) in [5, 5.41) is 1.93. The minimum Gasteiger partial charge on any atom is -0.378 e. The molecule has 2 fully saturated rings. The number of fused-ring (bicyclic) bond motifs is 1. The minimum atomic E-state index is -0.0110. The summed E-state index contributed by atoms with van der Waals surface area (Å²) in [5.74, 6) is 1.83. The normalized spacial score (nSPS) is 17.4. The number of carbonyl (C=O) groups excluding carboxylic acids is 1. The fourth-order valence-electron chi connectivity index (χ4n) is 4.05. The van der Waals surface area contributed by atoms with E-state index in [1.54, 1.807) is 12.5 Å². The van der Waals surface area contributed by atoms with Crippen LogP contribution >= 0.6 is 0 Å². The van der Waals surface area contributed by atoms with Gasteiger partial charge in [-0.2, -0.15) is 0 Å². The first-order valence-corrected chi connectivity index (χ1v) is 10.3. The van der Waals surface area contributed by atoms with E-state index in [4.69, 9.17) is 4.74 Å². The van der Waals surface area contributed by atoms with Crippen LogP contribution in [-0.2, 0) is 4.74 Å². The molecular weight excluding hydrogens is 380 g/mol. The van der Waals surface area contributed by atoms with E-state index in [1.807, 2.05) is 41.3 Å². The molecule has 0 saturated carbocycles. The summed E-state index contributed by atoms with van der Waals surface area (Å²) in [6.07, 6.45) is 3.33. The van der Waals surface area contributed by atoms with Crippen molar-refractivity contribution in [1.29, 1.82) is 0 Å². The van der Waals surface area contributed by atoms with Gasteiger partial charge in [0.2, 0.25) is 0 Å². The number of anilines is 2. The number of pyridine rings is 1. The number of hydrogen-bond donors (Lipinski definition) is 0. The number of morpholine rings is 1. The highest BCUT2D eigenvalue weighted by Gasteiger charge is 2.25. The zero-order chi connectivity index (χ0) is 20.3. The lowest BCUT2D eigenvalue weighted by atomic mass is 10.1. The number of aromatic nitrogens is 3. The van der Waals surface area contributed by atoms with E-state index in [1.165, 1.54) is 0 Å². The Kier molecular flexibility index (Phi) is 5.15. The molecule has 0 bridgehead atoms. The molecule has 4 heterocycles. The van der Waals surface area contributed by atoms with Gasteiger partial charge in [0.05, 0.1) is 13.2 Å². The number of amides is 1. The van der Waals surface area contributed by atoms with Crippen LogP contribution in [0.5, 0.6) is 0 Å². The van der Waals surface area contributed by atoms with Crippen LogP contribution in [0.25, 0.3) is 10.8 Å². The number of piperazine rings is 1. The van der Waals surface area contributed by atoms with Gasteiger partial charge in [-0.3, -0.25) is 9.78 Å². The molecule has 8 nitrogen and oxygen atoms in total. The van der Waals surface area contributed by atoms with Gasteiger partial charge in [0, 0.05) is 56.9 Å². The average molecular weight is 404 g/mol. The summed E-state index contributed by atoms with van der Waals surface area (Å²) in [6, 6.07) is 11.9. The zero-order valence-corrected chi connectivity index (χ0v) is 16.8. The van der Waals surface area contributed by atoms with Gasteiger partial charge in [0.25, 0.3) is 5.91 Å². The van der Waals surface area contributed by atoms with Crippen LogP contribution in [0, 0.1) is 0 Å². The van der Waals surface area contributed by atoms with Crippen molar-refractivity contribution in [2.24, 2.45) is 0 Å². The van der Waals surface area contributed by atoms with E-state index >= 15 is 0 Å². The Labute approximate surface area is 175 Å². The molecule has 30 heavy (non-hydrogen) atoms. The molecule has 8 heteroatoms. The van der Waals surface area contributed by atoms with Crippen LogP contribution in [0.4, 0.5) is 11.6 Å². The van der Waals surface area contributed by atoms with Gasteiger partial charge in [0.15, 0.2) is 0 Å². The highest BCUT2D eigenvalue weighted by atomic mass is 16.5. The van der Waals surface area contributed by atoms with Crippen LogP contribution in [-0.4, -0.2) is 78.2 Å². The standard InChI is InChI=1S/C22H24N6O2/c29-22(21-18-4-2-1-3-17(18)5-6-23-21)28-9-7-26(8-10-28)19-15-20(25-16-24-19)27-11-13-30-14-12-27/h1-6,15-16H,7-14H2. The van der Waals surface area contributed by atoms with Gasteiger partial charge >= 0.3 is 0 Å². The molecule has 3 aromatic rings. The zero-order valence-electron chi connectivity index (χ0n) is 16.8. The van der Waals surface area contributed by atoms with Crippen LogP contribution in [0.15, 0.2) is 48.9 Å². The van der Waals surface area contributed by atoms with Crippen molar-refractivity contribution >= 4 is 28.3 Å². The maximum Gasteiger partial charge on any atom is 0.273 e. The lowest BCUT2D eigenvalue weighted by Crippen LogP contribution is -2.49. The lowest BCUT2D eigenvalue weighted by molar-refractivity contribution is 0.0743. The summed E-state index contributed by atoms with van der Waals surface area (Å²) in [7, 11) is 0. The van der Waals surface area contributed by atoms with Gasteiger partial charge in [0.1, 0.15) is 23.7 Å². The summed E-state index contributed by atoms with van der Waals surface area (Å²) in [6.45, 7) is 5.88. The fraction of sp³-hybridized carbons (Fsp3) is 0.364. The first kappa shape index (κ1) is 18.7. The summed E-state index contributed by atoms with van der Waals surface area (Å²) < 4.78 is 5.43. The van der Waals surface area contributed by atoms with E-state index in [9.17, 15) is 4.79 Å². The largest absolute Gasteiger partial charge is 0.378 e. The number of nitrogens with zero attached hydrogens (tertiary/aromatic N) is 6. The summed E-state index contributed by atoms with van der Waals surface area (Å²) in [5.41, 5.74) is 0.526. The van der Waals surface area contributed by atoms with E-state index in [0.29, 0.717) is 18.8 Å². The number of carbonyl (C=O) groups is 1. The quantitative estimate of drug-likeness (QED) is 0.659. The maximum atomic E-state index is 13.1. The topological polar surface area (TPSA) is 74.7 Å². The molecule has 0 unspecified atom stereocenters. The van der Waals surface area contributed by atoms with E-state index in [2.05, 4.69) is 24.8 Å². The monoisotopic (exact) mass is 404 g/mol. The summed E-state index contributed by atoms with van der Waals surface area (Å²) in [4.78, 5) is 32.7. The second-order valence-corrected chi connectivity index (χ2v) is 7.49. The third-order valence-corrected chi connectivity index (χ3v) is 5.74. The molecule has 0 atom stereocenters. The molecular formula is C22H24N6O2. The molecule has 0 radical (unpaired) electrons. The van der Waals surface area contributed by atoms with E-state index in [0.717, 1.165) is 61.8 Å². The second-order valence-electron chi connectivity index (χ2n) is 7.49. The Morgan fingerprint density at radius 1 is 0.833 bits per heavy atom. The minimum absolute atomic E-state index is 0.0110. The van der Waals surface area contributed by atoms with Crippen LogP contribution < -0.4 is 9.80 Å². The van der Waals surface area contributed by atoms with Crippen molar-refractivity contribution in [3.05, 3.63) is 54.6 Å². The molecule has 0 spiro atoms. The van der Waals surface area contributed by atoms with Gasteiger partial charge in [-0.1, -0.05) is 24.3 Å². The van der Waals surface area contributed by atoms with Crippen molar-refractivity contribution in [3.8, 4) is 0 Å². The Hall–Kier alpha value is -3.26. The lowest BCUT2D eigenvalue weighted by Gasteiger charge is -2.36. The SMILES string of the molecule is O=C(c1nccc2ccccc12)N1CCN(c2cc(N3CCOCC3)ncn2)CC1. The molecule has 2 aromatic heterocycles. The average Bonchev–Trinajstić information content (AvgIpc) is 2.84. The van der Waals surface area contributed by atoms with E-state index in [-0.39, 0.29) is 5.91 Å². The van der Waals surface area contributed by atoms with Gasteiger partial charge in [-0.05, 0) is 11.5 Å². The molecule has 2 aliphatic heterocycles. The van der Waals surface area contributed by atoms with Crippen molar-refractivity contribution in [2.45, 2.75) is 0 Å². The van der Waals surface area contributed by atoms with Gasteiger partial charge in [-0.25, -0.2) is 9.97 Å². The van der Waals surface area contributed by atoms with E-state index < -0.39 is 0 Å². The number of hydrogen-bond acceptors (Lipinski definition) is 7. The van der Waals surface area contributed by atoms with Crippen molar-refractivity contribution in [3.63, 3.8) is 0 Å². The highest BCUT2D eigenvalue weighted by Crippen LogP contribution is 2.22. The molecule has 154 valence electrons. The predicted octanol–water partition coefficient (Wildman–Crippen LogP) is 1.82. The Bertz CT molecular complexity index is 1040. The smallest absolute Gasteiger partial charge is 0.273 e. The predicted molar refractivity (Wildman–Crippen MR) is 115 cm³/mol. The third-order valence-electron chi connectivity index (χ3n) is 5.74. The second kappa shape index (κ2) is 8.23. The Morgan fingerprint density at radius 3 is 2.30 bits per heavy atom. The maximum absolute atomic E-state index is 13.1. The number of rotatable bonds is 3. The molecule has 0 aliphatic carbocycles. The molecule has 2 saturated heterocycles. The fourth-order valence-corrected chi connectivity index (χ4v) is 4.05. The van der Waals surface area contributed by atoms with Gasteiger partial charge in [-0.15, -0.1) is 0 Å². The van der Waals surface area contributed by atoms with Crippen LogP contribution in [0.1, 0.15) is 10.5 Å². The van der Waals surface area contributed by atoms with Crippen LogP contribution in [0.3, 0.4) is 0 Å². The Morgan fingerprint density at radius 2 is 1.53 bits per heavy atom. The van der Waals surface area contributed by atoms with Crippen molar-refractivity contribution < 1.29 is 9.53 Å². The van der Waals surface area contributed by atoms with Crippen molar-refractivity contribution in [1.82, 2.24) is 19.9 Å². The summed E-state index contributed by atoms with van der Waals surface area (Å²) >= 11 is 0. The number of ether oxygens (including phenoxy) is 1. The Balaban J connectivity index is 1.28. The van der Waals surface area contributed by atoms with Crippen molar-refractivity contribution in [2.75, 3.05) is 62.3 Å². The molecule has 2 aliphatic rings. The highest BCUT2D eigenvalue weighted by molar-refractivity contribution is 6.05. The number of benzene rings is 1. The van der Waals surface area contributed by atoms with Gasteiger partial charge < -0.3 is 19.4 Å². The first-order valence-electron chi connectivity index (χ1n) is 10.3. The molecule has 1 amide bonds. The molecule has 0 N–H and O–H groups in total. The third kappa shape index (κ3) is 3.66. The molecule has 1 aromatic carbocycles.